The summed E-state index contributed by atoms with van der Waals surface area (Å²) in [7, 11) is 0. The molecule has 8 nitrogen and oxygen atoms in total. The molecule has 1 aromatic rings. The number of thioether (sulfide) groups is 1. The number of aliphatic carboxylic acids is 1. The van der Waals surface area contributed by atoms with Crippen LogP contribution in [-0.4, -0.2) is 57.5 Å². The summed E-state index contributed by atoms with van der Waals surface area (Å²) in [5, 5.41) is 13.7. The quantitative estimate of drug-likeness (QED) is 0.500. The van der Waals surface area contributed by atoms with Crippen molar-refractivity contribution in [3.05, 3.63) is 33.7 Å². The largest absolute Gasteiger partial charge is 0.477 e. The molecule has 2 aliphatic heterocycles. The number of nitrogens with one attached hydrogen (secondary N) is 1. The van der Waals surface area contributed by atoms with Crippen molar-refractivity contribution in [3.8, 4) is 0 Å². The first-order valence-corrected chi connectivity index (χ1v) is 10.6. The van der Waals surface area contributed by atoms with Crippen molar-refractivity contribution in [2.75, 3.05) is 12.4 Å². The maximum Gasteiger partial charge on any atom is 0.352 e. The second-order valence-electron chi connectivity index (χ2n) is 6.73. The topological polar surface area (TPSA) is 113 Å². The first kappa shape index (κ1) is 20.4. The number of carbonyl (C=O) groups is 4. The number of hydrogen-bond acceptors (Lipinski definition) is 7. The van der Waals surface area contributed by atoms with E-state index >= 15 is 0 Å². The number of fused-ring (bicyclic) bond motifs is 1. The molecule has 10 heteroatoms. The van der Waals surface area contributed by atoms with Gasteiger partial charge in [-0.3, -0.25) is 19.3 Å². The minimum Gasteiger partial charge on any atom is -0.477 e. The molecule has 0 aliphatic carbocycles. The van der Waals surface area contributed by atoms with Gasteiger partial charge in [-0.05, 0) is 11.4 Å². The van der Waals surface area contributed by atoms with Gasteiger partial charge in [-0.15, -0.1) is 23.1 Å². The van der Waals surface area contributed by atoms with Gasteiger partial charge in [0.1, 0.15) is 23.7 Å². The van der Waals surface area contributed by atoms with E-state index in [9.17, 15) is 24.3 Å². The predicted octanol–water partition coefficient (Wildman–Crippen LogP) is 1.23. The Balaban J connectivity index is 1.68. The Morgan fingerprint density at radius 3 is 2.75 bits per heavy atom. The molecule has 1 unspecified atom stereocenters. The van der Waals surface area contributed by atoms with Gasteiger partial charge in [0, 0.05) is 16.2 Å². The van der Waals surface area contributed by atoms with Gasteiger partial charge in [0.05, 0.1) is 12.3 Å². The summed E-state index contributed by atoms with van der Waals surface area (Å²) in [6.45, 7) is 3.20. The zero-order valence-electron chi connectivity index (χ0n) is 15.3. The molecule has 0 aromatic carbocycles. The summed E-state index contributed by atoms with van der Waals surface area (Å²) >= 11 is 2.80. The molecule has 2 N–H and O–H groups in total. The third kappa shape index (κ3) is 4.07. The van der Waals surface area contributed by atoms with E-state index in [1.807, 2.05) is 17.5 Å². The lowest BCUT2D eigenvalue weighted by Gasteiger charge is -2.49. The highest BCUT2D eigenvalue weighted by Gasteiger charge is 2.54. The maximum absolute atomic E-state index is 12.5. The zero-order chi connectivity index (χ0) is 20.4. The minimum atomic E-state index is -1.25. The Morgan fingerprint density at radius 1 is 1.39 bits per heavy atom. The number of rotatable bonds is 7. The van der Waals surface area contributed by atoms with E-state index < -0.39 is 29.3 Å². The van der Waals surface area contributed by atoms with E-state index in [4.69, 9.17) is 4.74 Å². The van der Waals surface area contributed by atoms with Crippen molar-refractivity contribution >= 4 is 46.9 Å². The number of carboxylic acids is 1. The lowest BCUT2D eigenvalue weighted by molar-refractivity contribution is -0.151. The van der Waals surface area contributed by atoms with E-state index in [-0.39, 0.29) is 30.5 Å². The van der Waals surface area contributed by atoms with E-state index in [1.54, 1.807) is 13.8 Å². The van der Waals surface area contributed by atoms with Crippen LogP contribution in [0.1, 0.15) is 18.7 Å². The molecule has 3 heterocycles. The van der Waals surface area contributed by atoms with E-state index in [2.05, 4.69) is 5.32 Å². The molecule has 1 saturated heterocycles. The Morgan fingerprint density at radius 2 is 2.14 bits per heavy atom. The van der Waals surface area contributed by atoms with Crippen molar-refractivity contribution < 1.29 is 29.0 Å². The van der Waals surface area contributed by atoms with Crippen molar-refractivity contribution in [2.24, 2.45) is 5.92 Å². The van der Waals surface area contributed by atoms with Gasteiger partial charge in [-0.1, -0.05) is 19.9 Å². The second kappa shape index (κ2) is 8.36. The van der Waals surface area contributed by atoms with Crippen LogP contribution in [0.25, 0.3) is 0 Å². The summed E-state index contributed by atoms with van der Waals surface area (Å²) in [5.74, 6) is -2.46. The van der Waals surface area contributed by atoms with Crippen LogP contribution in [0, 0.1) is 5.92 Å². The van der Waals surface area contributed by atoms with Crippen molar-refractivity contribution in [3.63, 3.8) is 0 Å². The Hall–Kier alpha value is -2.33. The van der Waals surface area contributed by atoms with E-state index in [0.29, 0.717) is 11.3 Å². The summed E-state index contributed by atoms with van der Waals surface area (Å²) < 4.78 is 5.14. The molecule has 1 aromatic heterocycles. The fourth-order valence-corrected chi connectivity index (χ4v) is 4.95. The minimum absolute atomic E-state index is 0.158. The van der Waals surface area contributed by atoms with Gasteiger partial charge < -0.3 is 15.2 Å². The molecule has 0 radical (unpaired) electrons. The number of carboxylic acid groups (broad SMARTS) is 1. The lowest BCUT2D eigenvalue weighted by Crippen LogP contribution is -2.70. The number of amides is 2. The van der Waals surface area contributed by atoms with E-state index in [0.717, 1.165) is 4.88 Å². The lowest BCUT2D eigenvalue weighted by atomic mass is 10.0. The fourth-order valence-electron chi connectivity index (χ4n) is 2.92. The van der Waals surface area contributed by atoms with Gasteiger partial charge in [0.2, 0.25) is 5.91 Å². The summed E-state index contributed by atoms with van der Waals surface area (Å²) in [4.78, 5) is 50.2. The second-order valence-corrected chi connectivity index (χ2v) is 8.87. The number of carbonyl (C=O) groups excluding carboxylic acids is 3. The van der Waals surface area contributed by atoms with Crippen LogP contribution >= 0.6 is 23.1 Å². The molecule has 2 atom stereocenters. The van der Waals surface area contributed by atoms with Gasteiger partial charge in [-0.25, -0.2) is 4.79 Å². The monoisotopic (exact) mass is 424 g/mol. The number of nitrogens with zero attached hydrogens (tertiary/aromatic N) is 1. The highest BCUT2D eigenvalue weighted by molar-refractivity contribution is 8.00. The number of esters is 1. The van der Waals surface area contributed by atoms with Crippen LogP contribution in [0.3, 0.4) is 0 Å². The normalized spacial score (nSPS) is 21.2. The fraction of sp³-hybridized carbons (Fsp3) is 0.444. The molecule has 2 aliphatic rings. The van der Waals surface area contributed by atoms with Crippen LogP contribution < -0.4 is 5.32 Å². The summed E-state index contributed by atoms with van der Waals surface area (Å²) in [5.41, 5.74) is 0.216. The van der Waals surface area contributed by atoms with Crippen LogP contribution in [-0.2, 0) is 30.3 Å². The van der Waals surface area contributed by atoms with Gasteiger partial charge in [0.25, 0.3) is 5.91 Å². The smallest absolute Gasteiger partial charge is 0.352 e. The SMILES string of the molecule is CC(C)C(=O)OCC1=C(C(=O)O)N2C(=O)C(NC(=O)Cc3cccs3)[C@@H]2SC1. The van der Waals surface area contributed by atoms with Crippen molar-refractivity contribution in [1.82, 2.24) is 10.2 Å². The molecule has 0 spiro atoms. The predicted molar refractivity (Wildman–Crippen MR) is 104 cm³/mol. The Kier molecular flexibility index (Phi) is 6.09. The molecule has 150 valence electrons. The molecule has 28 heavy (non-hydrogen) atoms. The third-order valence-electron chi connectivity index (χ3n) is 4.34. The average Bonchev–Trinajstić information content (AvgIpc) is 3.15. The van der Waals surface area contributed by atoms with Crippen LogP contribution in [0.5, 0.6) is 0 Å². The Labute approximate surface area is 169 Å². The van der Waals surface area contributed by atoms with Gasteiger partial charge in [-0.2, -0.15) is 0 Å². The van der Waals surface area contributed by atoms with Gasteiger partial charge in [0.15, 0.2) is 0 Å². The van der Waals surface area contributed by atoms with Crippen molar-refractivity contribution in [2.45, 2.75) is 31.7 Å². The number of thiophene rings is 1. The van der Waals surface area contributed by atoms with E-state index in [1.165, 1.54) is 28.0 Å². The highest BCUT2D eigenvalue weighted by Crippen LogP contribution is 2.40. The molecule has 0 bridgehead atoms. The molecule has 3 rings (SSSR count). The first-order valence-electron chi connectivity index (χ1n) is 8.68. The standard InChI is InChI=1S/C18H20N2O6S2/c1-9(2)18(25)26-7-10-8-28-16-13(15(22)20(16)14(10)17(23)24)19-12(21)6-11-4-3-5-27-11/h3-5,9,13,16H,6-8H2,1-2H3,(H,19,21)(H,23,24)/t13?,16-/m0/s1. The first-order chi connectivity index (χ1) is 13.3. The van der Waals surface area contributed by atoms with Crippen LogP contribution in [0.2, 0.25) is 0 Å². The molecule has 0 saturated carbocycles. The molecule has 1 fully saturated rings. The van der Waals surface area contributed by atoms with Crippen molar-refractivity contribution in [1.29, 1.82) is 0 Å². The number of hydrogen-bond donors (Lipinski definition) is 2. The third-order valence-corrected chi connectivity index (χ3v) is 6.56. The number of ether oxygens (including phenoxy) is 1. The average molecular weight is 425 g/mol. The highest BCUT2D eigenvalue weighted by atomic mass is 32.2. The molecule has 2 amide bonds. The maximum atomic E-state index is 12.5. The zero-order valence-corrected chi connectivity index (χ0v) is 17.0. The molecular formula is C18H20N2O6S2. The van der Waals surface area contributed by atoms with Crippen LogP contribution in [0.15, 0.2) is 28.8 Å². The molecular weight excluding hydrogens is 404 g/mol. The van der Waals surface area contributed by atoms with Gasteiger partial charge >= 0.3 is 11.9 Å². The van der Waals surface area contributed by atoms with Crippen LogP contribution in [0.4, 0.5) is 0 Å². The summed E-state index contributed by atoms with van der Waals surface area (Å²) in [6.07, 6.45) is 0.177. The summed E-state index contributed by atoms with van der Waals surface area (Å²) in [6, 6.07) is 2.93. The number of β-lactam (4-membered cyclic amide) rings is 1. The Bertz CT molecular complexity index is 833.